The number of allylic oxidation sites excluding steroid dienone is 1. The monoisotopic (exact) mass is 383 g/mol. The number of carbonyl (C=O) groups excluding carboxylic acids is 3. The van der Waals surface area contributed by atoms with Crippen LogP contribution in [0.2, 0.25) is 0 Å². The molecule has 2 rings (SSSR count). The van der Waals surface area contributed by atoms with Crippen LogP contribution in [0.3, 0.4) is 0 Å². The molecule has 0 aromatic carbocycles. The van der Waals surface area contributed by atoms with E-state index in [9.17, 15) is 14.4 Å². The predicted molar refractivity (Wildman–Crippen MR) is 95.7 cm³/mol. The molecule has 0 aromatic heterocycles. The fourth-order valence-electron chi connectivity index (χ4n) is 3.15. The molecule has 2 aliphatic rings. The topological polar surface area (TPSA) is 91.4 Å². The van der Waals surface area contributed by atoms with E-state index in [0.29, 0.717) is 0 Å². The Labute approximate surface area is 159 Å². The molecule has 0 bridgehead atoms. The molecule has 0 N–H and O–H groups in total. The summed E-state index contributed by atoms with van der Waals surface area (Å²) in [7, 11) is 1.25. The molecule has 1 saturated heterocycles. The van der Waals surface area contributed by atoms with E-state index < -0.39 is 40.9 Å². The van der Waals surface area contributed by atoms with Gasteiger partial charge in [-0.2, -0.15) is 0 Å². The average Bonchev–Trinajstić information content (AvgIpc) is 2.85. The molecular weight excluding hydrogens is 354 g/mol. The van der Waals surface area contributed by atoms with Crippen molar-refractivity contribution in [3.05, 3.63) is 12.2 Å². The molecule has 1 heterocycles. The van der Waals surface area contributed by atoms with Gasteiger partial charge in [0.25, 0.3) is 0 Å². The number of hydrogen-bond donors (Lipinski definition) is 0. The highest BCUT2D eigenvalue weighted by atomic mass is 17.2. The number of methoxy groups -OCH3 is 1. The van der Waals surface area contributed by atoms with Crippen molar-refractivity contribution >= 4 is 17.8 Å². The molecule has 3 atom stereocenters. The number of rotatable bonds is 3. The lowest BCUT2D eigenvalue weighted by molar-refractivity contribution is -0.396. The van der Waals surface area contributed by atoms with Crippen LogP contribution in [0.4, 0.5) is 4.79 Å². The van der Waals surface area contributed by atoms with E-state index in [1.165, 1.54) is 18.1 Å². The van der Waals surface area contributed by atoms with Gasteiger partial charge in [0, 0.05) is 12.8 Å². The van der Waals surface area contributed by atoms with E-state index in [4.69, 9.17) is 19.2 Å². The standard InChI is InChI=1S/C19H29NO7/c1-17(2,3)25-16(23)20-13(15(22)24-7)11-19(27-26-18(4,5)6)9-8-12(21)10-14(19)20/h8-9,13-14H,10-11H2,1-7H3/t13-,14+,19-/m0/s1. The van der Waals surface area contributed by atoms with Gasteiger partial charge >= 0.3 is 12.1 Å². The summed E-state index contributed by atoms with van der Waals surface area (Å²) < 4.78 is 10.3. The largest absolute Gasteiger partial charge is 0.467 e. The second kappa shape index (κ2) is 7.24. The third kappa shape index (κ3) is 4.87. The Morgan fingerprint density at radius 2 is 1.78 bits per heavy atom. The van der Waals surface area contributed by atoms with Gasteiger partial charge in [0.05, 0.1) is 18.8 Å². The van der Waals surface area contributed by atoms with Crippen molar-refractivity contribution in [2.75, 3.05) is 7.11 Å². The van der Waals surface area contributed by atoms with Crippen LogP contribution in [0.15, 0.2) is 12.2 Å². The molecule has 8 heteroatoms. The van der Waals surface area contributed by atoms with Gasteiger partial charge in [-0.05, 0) is 53.7 Å². The van der Waals surface area contributed by atoms with E-state index >= 15 is 0 Å². The third-order valence-corrected chi connectivity index (χ3v) is 4.22. The molecule has 27 heavy (non-hydrogen) atoms. The Kier molecular flexibility index (Phi) is 5.73. The molecule has 0 radical (unpaired) electrons. The summed E-state index contributed by atoms with van der Waals surface area (Å²) >= 11 is 0. The quantitative estimate of drug-likeness (QED) is 0.420. The van der Waals surface area contributed by atoms with Crippen LogP contribution in [0.25, 0.3) is 0 Å². The van der Waals surface area contributed by atoms with Gasteiger partial charge in [0.2, 0.25) is 0 Å². The second-order valence-electron chi connectivity index (χ2n) is 8.88. The summed E-state index contributed by atoms with van der Waals surface area (Å²) in [6.45, 7) is 10.6. The maximum absolute atomic E-state index is 12.9. The summed E-state index contributed by atoms with van der Waals surface area (Å²) in [5.74, 6) is -0.774. The Morgan fingerprint density at radius 1 is 1.15 bits per heavy atom. The minimum Gasteiger partial charge on any atom is -0.467 e. The number of fused-ring (bicyclic) bond motifs is 1. The lowest BCUT2D eigenvalue weighted by atomic mass is 9.85. The number of carbonyl (C=O) groups is 3. The van der Waals surface area contributed by atoms with E-state index in [0.717, 1.165) is 0 Å². The number of likely N-dealkylation sites (tertiary alicyclic amines) is 1. The number of hydrogen-bond acceptors (Lipinski definition) is 7. The Hall–Kier alpha value is -1.93. The molecule has 1 amide bonds. The SMILES string of the molecule is COC(=O)[C@@H]1C[C@@]2(OOC(C)(C)C)C=CC(=O)C[C@H]2N1C(=O)OC(C)(C)C. The number of ketones is 1. The molecule has 8 nitrogen and oxygen atoms in total. The van der Waals surface area contributed by atoms with E-state index in [1.54, 1.807) is 26.8 Å². The third-order valence-electron chi connectivity index (χ3n) is 4.22. The van der Waals surface area contributed by atoms with Crippen molar-refractivity contribution < 1.29 is 33.6 Å². The summed E-state index contributed by atoms with van der Waals surface area (Å²) in [6.07, 6.45) is 2.36. The number of ether oxygens (including phenoxy) is 2. The van der Waals surface area contributed by atoms with Gasteiger partial charge in [-0.3, -0.25) is 9.69 Å². The first-order valence-corrected chi connectivity index (χ1v) is 8.96. The lowest BCUT2D eigenvalue weighted by Gasteiger charge is -2.38. The fourth-order valence-corrected chi connectivity index (χ4v) is 3.15. The van der Waals surface area contributed by atoms with Crippen LogP contribution in [0.5, 0.6) is 0 Å². The molecule has 0 saturated carbocycles. The van der Waals surface area contributed by atoms with E-state index in [-0.39, 0.29) is 18.6 Å². The van der Waals surface area contributed by atoms with Crippen molar-refractivity contribution in [1.82, 2.24) is 4.90 Å². The number of amides is 1. The highest BCUT2D eigenvalue weighted by molar-refractivity contribution is 5.93. The van der Waals surface area contributed by atoms with Gasteiger partial charge in [-0.25, -0.2) is 19.4 Å². The molecule has 0 unspecified atom stereocenters. The Morgan fingerprint density at radius 3 is 2.30 bits per heavy atom. The van der Waals surface area contributed by atoms with Crippen LogP contribution in [-0.4, -0.2) is 58.7 Å². The van der Waals surface area contributed by atoms with Crippen LogP contribution in [0, 0.1) is 0 Å². The van der Waals surface area contributed by atoms with Gasteiger partial charge in [-0.15, -0.1) is 0 Å². The van der Waals surface area contributed by atoms with Gasteiger partial charge in [0.1, 0.15) is 17.2 Å². The van der Waals surface area contributed by atoms with Crippen molar-refractivity contribution in [1.29, 1.82) is 0 Å². The zero-order chi connectivity index (χ0) is 20.6. The van der Waals surface area contributed by atoms with Gasteiger partial charge in [-0.1, -0.05) is 0 Å². The summed E-state index contributed by atoms with van der Waals surface area (Å²) in [5, 5.41) is 0. The zero-order valence-corrected chi connectivity index (χ0v) is 17.0. The fraction of sp³-hybridized carbons (Fsp3) is 0.737. The first-order chi connectivity index (χ1) is 12.3. The van der Waals surface area contributed by atoms with Gasteiger partial charge < -0.3 is 9.47 Å². The highest BCUT2D eigenvalue weighted by Crippen LogP contribution is 2.43. The molecule has 0 aromatic rings. The average molecular weight is 383 g/mol. The van der Waals surface area contributed by atoms with Crippen LogP contribution < -0.4 is 0 Å². The molecular formula is C19H29NO7. The zero-order valence-electron chi connectivity index (χ0n) is 17.0. The normalized spacial score (nSPS) is 28.1. The summed E-state index contributed by atoms with van der Waals surface area (Å²) in [4.78, 5) is 49.8. The van der Waals surface area contributed by atoms with Crippen molar-refractivity contribution in [2.45, 2.75) is 83.3 Å². The maximum Gasteiger partial charge on any atom is 0.411 e. The number of nitrogens with zero attached hydrogens (tertiary/aromatic N) is 1. The first-order valence-electron chi connectivity index (χ1n) is 8.96. The summed E-state index contributed by atoms with van der Waals surface area (Å²) in [5.41, 5.74) is -2.52. The van der Waals surface area contributed by atoms with Crippen molar-refractivity contribution in [3.63, 3.8) is 0 Å². The summed E-state index contributed by atoms with van der Waals surface area (Å²) in [6, 6.07) is -1.69. The van der Waals surface area contributed by atoms with Crippen LogP contribution in [0.1, 0.15) is 54.4 Å². The highest BCUT2D eigenvalue weighted by Gasteiger charge is 2.60. The second-order valence-corrected chi connectivity index (χ2v) is 8.88. The van der Waals surface area contributed by atoms with Gasteiger partial charge in [0.15, 0.2) is 5.78 Å². The first kappa shape index (κ1) is 21.4. The van der Waals surface area contributed by atoms with Crippen LogP contribution >= 0.6 is 0 Å². The minimum atomic E-state index is -1.14. The van der Waals surface area contributed by atoms with E-state index in [1.807, 2.05) is 20.8 Å². The molecule has 1 fully saturated rings. The Balaban J connectivity index is 2.43. The Bertz CT molecular complexity index is 643. The maximum atomic E-state index is 12.9. The van der Waals surface area contributed by atoms with E-state index in [2.05, 4.69) is 0 Å². The predicted octanol–water partition coefficient (Wildman–Crippen LogP) is 2.55. The van der Waals surface area contributed by atoms with Crippen molar-refractivity contribution in [3.8, 4) is 0 Å². The van der Waals surface area contributed by atoms with Crippen LogP contribution in [-0.2, 0) is 28.8 Å². The smallest absolute Gasteiger partial charge is 0.411 e. The molecule has 0 spiro atoms. The molecule has 152 valence electrons. The molecule has 1 aliphatic heterocycles. The molecule has 1 aliphatic carbocycles. The number of esters is 1. The van der Waals surface area contributed by atoms with Crippen molar-refractivity contribution in [2.24, 2.45) is 0 Å². The lowest BCUT2D eigenvalue weighted by Crippen LogP contribution is -2.53. The minimum absolute atomic E-state index is 0.00323.